The van der Waals surface area contributed by atoms with Crippen molar-refractivity contribution in [2.24, 2.45) is 0 Å². The summed E-state index contributed by atoms with van der Waals surface area (Å²) in [5.74, 6) is -0.633. The first kappa shape index (κ1) is 16.0. The minimum Gasteiger partial charge on any atom is -0.373 e. The first-order chi connectivity index (χ1) is 11.7. The number of likely N-dealkylation sites (tertiary alicyclic amines) is 2. The topological polar surface area (TPSA) is 32.8 Å². The molecule has 4 rings (SSSR count). The molecule has 130 valence electrons. The lowest BCUT2D eigenvalue weighted by Crippen LogP contribution is -2.47. The predicted molar refractivity (Wildman–Crippen MR) is 89.4 cm³/mol. The van der Waals surface area contributed by atoms with Crippen LogP contribution in [0.25, 0.3) is 0 Å². The Bertz CT molecular complexity index is 607. The third-order valence-corrected chi connectivity index (χ3v) is 5.91. The number of ether oxygens (including phenoxy) is 1. The summed E-state index contributed by atoms with van der Waals surface area (Å²) in [5.41, 5.74) is 0.106. The van der Waals surface area contributed by atoms with E-state index in [0.717, 1.165) is 25.9 Å². The molecule has 3 heterocycles. The predicted octanol–water partition coefficient (Wildman–Crippen LogP) is 2.69. The van der Waals surface area contributed by atoms with Gasteiger partial charge in [0.05, 0.1) is 17.8 Å². The van der Waals surface area contributed by atoms with Gasteiger partial charge in [-0.3, -0.25) is 9.69 Å². The van der Waals surface area contributed by atoms with Crippen molar-refractivity contribution in [1.82, 2.24) is 9.80 Å². The third kappa shape index (κ3) is 2.95. The second-order valence-corrected chi connectivity index (χ2v) is 7.37. The summed E-state index contributed by atoms with van der Waals surface area (Å²) in [6, 6.07) is 6.78. The highest BCUT2D eigenvalue weighted by Gasteiger charge is 2.45. The molecule has 0 aromatic heterocycles. The molecule has 3 saturated heterocycles. The van der Waals surface area contributed by atoms with Crippen molar-refractivity contribution >= 4 is 5.91 Å². The SMILES string of the molecule is O=C(c1ccccc1F)N1CCC2(CC1)C[C@@H](N1CCCC1)CO2. The standard InChI is InChI=1S/C19H25FN2O2/c20-17-6-2-1-5-16(17)18(23)22-11-7-19(8-12-22)13-15(14-24-19)21-9-3-4-10-21/h1-2,5-6,15H,3-4,7-14H2/t15-/m1/s1. The van der Waals surface area contributed by atoms with E-state index in [2.05, 4.69) is 4.90 Å². The van der Waals surface area contributed by atoms with Crippen molar-refractivity contribution in [2.75, 3.05) is 32.8 Å². The number of hydrogen-bond donors (Lipinski definition) is 0. The lowest BCUT2D eigenvalue weighted by molar-refractivity contribution is -0.0393. The van der Waals surface area contributed by atoms with Gasteiger partial charge in [-0.2, -0.15) is 0 Å². The Morgan fingerprint density at radius 2 is 1.83 bits per heavy atom. The molecule has 0 saturated carbocycles. The van der Waals surface area contributed by atoms with Gasteiger partial charge in [-0.1, -0.05) is 12.1 Å². The number of piperidine rings is 1. The van der Waals surface area contributed by atoms with E-state index >= 15 is 0 Å². The first-order valence-corrected chi connectivity index (χ1v) is 9.09. The van der Waals surface area contributed by atoms with E-state index in [-0.39, 0.29) is 17.1 Å². The van der Waals surface area contributed by atoms with E-state index in [4.69, 9.17) is 4.74 Å². The molecule has 5 heteroatoms. The quantitative estimate of drug-likeness (QED) is 0.835. The van der Waals surface area contributed by atoms with Crippen molar-refractivity contribution in [2.45, 2.75) is 43.7 Å². The Labute approximate surface area is 142 Å². The fourth-order valence-electron chi connectivity index (χ4n) is 4.43. The highest BCUT2D eigenvalue weighted by molar-refractivity contribution is 5.94. The summed E-state index contributed by atoms with van der Waals surface area (Å²) in [5, 5.41) is 0. The maximum absolute atomic E-state index is 13.8. The summed E-state index contributed by atoms with van der Waals surface area (Å²) >= 11 is 0. The lowest BCUT2D eigenvalue weighted by atomic mass is 9.87. The van der Waals surface area contributed by atoms with E-state index in [9.17, 15) is 9.18 Å². The van der Waals surface area contributed by atoms with Crippen molar-refractivity contribution in [3.8, 4) is 0 Å². The van der Waals surface area contributed by atoms with Crippen LogP contribution in [0.3, 0.4) is 0 Å². The van der Waals surface area contributed by atoms with Gasteiger partial charge in [0.15, 0.2) is 0 Å². The van der Waals surface area contributed by atoms with E-state index in [0.29, 0.717) is 19.1 Å². The van der Waals surface area contributed by atoms with Gasteiger partial charge in [-0.25, -0.2) is 4.39 Å². The maximum Gasteiger partial charge on any atom is 0.256 e. The first-order valence-electron chi connectivity index (χ1n) is 9.09. The van der Waals surface area contributed by atoms with Gasteiger partial charge in [-0.05, 0) is 57.3 Å². The van der Waals surface area contributed by atoms with Gasteiger partial charge < -0.3 is 9.64 Å². The van der Waals surface area contributed by atoms with Crippen LogP contribution in [0.1, 0.15) is 42.5 Å². The number of benzene rings is 1. The van der Waals surface area contributed by atoms with Crippen LogP contribution in [0.4, 0.5) is 4.39 Å². The van der Waals surface area contributed by atoms with Crippen LogP contribution < -0.4 is 0 Å². The fourth-order valence-corrected chi connectivity index (χ4v) is 4.43. The molecule has 1 amide bonds. The Hall–Kier alpha value is -1.46. The highest BCUT2D eigenvalue weighted by atomic mass is 19.1. The fraction of sp³-hybridized carbons (Fsp3) is 0.632. The van der Waals surface area contributed by atoms with Gasteiger partial charge in [0.1, 0.15) is 5.82 Å². The van der Waals surface area contributed by atoms with Crippen LogP contribution in [0.5, 0.6) is 0 Å². The van der Waals surface area contributed by atoms with Gasteiger partial charge in [0.2, 0.25) is 0 Å². The molecular formula is C19H25FN2O2. The molecule has 1 aromatic carbocycles. The van der Waals surface area contributed by atoms with E-state index in [1.165, 1.54) is 32.0 Å². The molecule has 24 heavy (non-hydrogen) atoms. The molecule has 0 aliphatic carbocycles. The van der Waals surface area contributed by atoms with Crippen LogP contribution in [0.15, 0.2) is 24.3 Å². The smallest absolute Gasteiger partial charge is 0.256 e. The zero-order valence-corrected chi connectivity index (χ0v) is 14.0. The molecule has 3 aliphatic rings. The zero-order valence-electron chi connectivity index (χ0n) is 14.0. The molecule has 1 spiro atoms. The van der Waals surface area contributed by atoms with Crippen LogP contribution in [-0.2, 0) is 4.74 Å². The van der Waals surface area contributed by atoms with Gasteiger partial charge in [-0.15, -0.1) is 0 Å². The van der Waals surface area contributed by atoms with E-state index < -0.39 is 5.82 Å². The van der Waals surface area contributed by atoms with Gasteiger partial charge >= 0.3 is 0 Å². The molecule has 3 fully saturated rings. The summed E-state index contributed by atoms with van der Waals surface area (Å²) in [7, 11) is 0. The van der Waals surface area contributed by atoms with Crippen molar-refractivity contribution in [3.63, 3.8) is 0 Å². The molecule has 0 bridgehead atoms. The average molecular weight is 332 g/mol. The van der Waals surface area contributed by atoms with Gasteiger partial charge in [0.25, 0.3) is 5.91 Å². The Morgan fingerprint density at radius 1 is 1.12 bits per heavy atom. The average Bonchev–Trinajstić information content (AvgIpc) is 3.26. The molecule has 4 nitrogen and oxygen atoms in total. The molecule has 0 radical (unpaired) electrons. The van der Waals surface area contributed by atoms with Crippen molar-refractivity contribution < 1.29 is 13.9 Å². The van der Waals surface area contributed by atoms with E-state index in [1.807, 2.05) is 0 Å². The third-order valence-electron chi connectivity index (χ3n) is 5.91. The summed E-state index contributed by atoms with van der Waals surface area (Å²) < 4.78 is 20.0. The second kappa shape index (κ2) is 6.45. The Morgan fingerprint density at radius 3 is 2.54 bits per heavy atom. The number of carbonyl (C=O) groups excluding carboxylic acids is 1. The number of rotatable bonds is 2. The molecule has 1 atom stereocenters. The summed E-state index contributed by atoms with van der Waals surface area (Å²) in [6.07, 6.45) is 5.40. The number of amides is 1. The Kier molecular flexibility index (Phi) is 4.31. The minimum absolute atomic E-state index is 0.0702. The number of carbonyl (C=O) groups is 1. The minimum atomic E-state index is -0.436. The van der Waals surface area contributed by atoms with Gasteiger partial charge in [0, 0.05) is 19.1 Å². The van der Waals surface area contributed by atoms with Crippen LogP contribution in [0, 0.1) is 5.82 Å². The summed E-state index contributed by atoms with van der Waals surface area (Å²) in [6.45, 7) is 4.52. The highest BCUT2D eigenvalue weighted by Crippen LogP contribution is 2.38. The molecule has 0 unspecified atom stereocenters. The monoisotopic (exact) mass is 332 g/mol. The normalized spacial score (nSPS) is 27.0. The summed E-state index contributed by atoms with van der Waals surface area (Å²) in [4.78, 5) is 16.9. The largest absolute Gasteiger partial charge is 0.373 e. The lowest BCUT2D eigenvalue weighted by Gasteiger charge is -2.39. The van der Waals surface area contributed by atoms with Crippen molar-refractivity contribution in [1.29, 1.82) is 0 Å². The maximum atomic E-state index is 13.8. The molecule has 0 N–H and O–H groups in total. The number of hydrogen-bond acceptors (Lipinski definition) is 3. The molecular weight excluding hydrogens is 307 g/mol. The second-order valence-electron chi connectivity index (χ2n) is 7.37. The van der Waals surface area contributed by atoms with Crippen LogP contribution >= 0.6 is 0 Å². The van der Waals surface area contributed by atoms with Crippen molar-refractivity contribution in [3.05, 3.63) is 35.6 Å². The number of nitrogens with zero attached hydrogens (tertiary/aromatic N) is 2. The van der Waals surface area contributed by atoms with Crippen LogP contribution in [-0.4, -0.2) is 60.1 Å². The molecule has 1 aromatic rings. The Balaban J connectivity index is 1.37. The van der Waals surface area contributed by atoms with Crippen LogP contribution in [0.2, 0.25) is 0 Å². The molecule has 3 aliphatic heterocycles. The number of halogens is 1. The van der Waals surface area contributed by atoms with E-state index in [1.54, 1.807) is 23.1 Å². The zero-order chi connectivity index (χ0) is 16.6.